The second-order valence-electron chi connectivity index (χ2n) is 6.54. The Hall–Kier alpha value is -2.56. The van der Waals surface area contributed by atoms with Crippen LogP contribution >= 0.6 is 0 Å². The molecule has 30 heavy (non-hydrogen) atoms. The van der Waals surface area contributed by atoms with E-state index < -0.39 is 34.5 Å². The number of nitrogens with zero attached hydrogens (tertiary/aromatic N) is 1. The number of alkyl halides is 1. The standard InChI is InChI=1S/C20H24F2N2O5S/c1-15(20(25)23-26)24(14-16-4-6-17(22)7-5-16)30(27,28)19-10-8-18(9-11-19)29-13-3-2-12-21/h4-11,15,26H,2-3,12-14H2,1H3,(H,23,25). The summed E-state index contributed by atoms with van der Waals surface area (Å²) in [6.07, 6.45) is 0.922. The Balaban J connectivity index is 2.26. The lowest BCUT2D eigenvalue weighted by Crippen LogP contribution is -2.46. The van der Waals surface area contributed by atoms with E-state index in [0.717, 1.165) is 4.31 Å². The van der Waals surface area contributed by atoms with Gasteiger partial charge in [0.05, 0.1) is 18.2 Å². The molecule has 1 unspecified atom stereocenters. The van der Waals surface area contributed by atoms with E-state index in [1.807, 2.05) is 0 Å². The largest absolute Gasteiger partial charge is 0.494 e. The van der Waals surface area contributed by atoms with Gasteiger partial charge in [-0.2, -0.15) is 4.31 Å². The molecule has 0 saturated heterocycles. The Kier molecular flexibility index (Phi) is 8.70. The van der Waals surface area contributed by atoms with E-state index in [2.05, 4.69) is 0 Å². The number of nitrogens with one attached hydrogen (secondary N) is 1. The normalized spacial score (nSPS) is 12.6. The molecule has 0 heterocycles. The van der Waals surface area contributed by atoms with Gasteiger partial charge in [-0.05, 0) is 61.7 Å². The molecule has 7 nitrogen and oxygen atoms in total. The van der Waals surface area contributed by atoms with Crippen LogP contribution < -0.4 is 10.2 Å². The fourth-order valence-corrected chi connectivity index (χ4v) is 4.24. The fraction of sp³-hybridized carbons (Fsp3) is 0.350. The molecule has 164 valence electrons. The number of hydroxylamine groups is 1. The van der Waals surface area contributed by atoms with Gasteiger partial charge in [-0.1, -0.05) is 12.1 Å². The summed E-state index contributed by atoms with van der Waals surface area (Å²) < 4.78 is 58.0. The number of unbranched alkanes of at least 4 members (excludes halogenated alkanes) is 1. The molecule has 0 bridgehead atoms. The number of carbonyl (C=O) groups is 1. The van der Waals surface area contributed by atoms with Crippen molar-refractivity contribution in [3.8, 4) is 5.75 Å². The summed E-state index contributed by atoms with van der Waals surface area (Å²) in [6.45, 7) is 0.998. The fourth-order valence-electron chi connectivity index (χ4n) is 2.65. The molecule has 1 amide bonds. The van der Waals surface area contributed by atoms with E-state index >= 15 is 0 Å². The number of hydrogen-bond donors (Lipinski definition) is 2. The highest BCUT2D eigenvalue weighted by molar-refractivity contribution is 7.89. The van der Waals surface area contributed by atoms with E-state index in [-0.39, 0.29) is 11.4 Å². The Morgan fingerprint density at radius 2 is 1.77 bits per heavy atom. The predicted molar refractivity (Wildman–Crippen MR) is 106 cm³/mol. The van der Waals surface area contributed by atoms with Gasteiger partial charge in [-0.25, -0.2) is 18.3 Å². The molecule has 2 aromatic carbocycles. The van der Waals surface area contributed by atoms with E-state index in [0.29, 0.717) is 30.8 Å². The molecule has 0 aromatic heterocycles. The van der Waals surface area contributed by atoms with Crippen LogP contribution in [0.5, 0.6) is 5.75 Å². The number of sulfonamides is 1. The first-order valence-electron chi connectivity index (χ1n) is 9.28. The minimum atomic E-state index is -4.15. The van der Waals surface area contributed by atoms with Gasteiger partial charge in [0.25, 0.3) is 5.91 Å². The lowest BCUT2D eigenvalue weighted by Gasteiger charge is -2.27. The van der Waals surface area contributed by atoms with E-state index in [1.54, 1.807) is 0 Å². The highest BCUT2D eigenvalue weighted by atomic mass is 32.2. The lowest BCUT2D eigenvalue weighted by atomic mass is 10.2. The van der Waals surface area contributed by atoms with Crippen molar-refractivity contribution in [3.63, 3.8) is 0 Å². The molecule has 0 radical (unpaired) electrons. The first-order valence-corrected chi connectivity index (χ1v) is 10.7. The van der Waals surface area contributed by atoms with Crippen molar-refractivity contribution in [3.05, 3.63) is 59.9 Å². The number of carbonyl (C=O) groups excluding carboxylic acids is 1. The van der Waals surface area contributed by atoms with Crippen LogP contribution in [-0.4, -0.2) is 43.2 Å². The quantitative estimate of drug-likeness (QED) is 0.317. The number of rotatable bonds is 11. The molecule has 0 aliphatic carbocycles. The molecule has 0 saturated carbocycles. The minimum Gasteiger partial charge on any atom is -0.494 e. The third kappa shape index (κ3) is 6.22. The van der Waals surface area contributed by atoms with Gasteiger partial charge in [-0.3, -0.25) is 14.4 Å². The second kappa shape index (κ2) is 11.0. The van der Waals surface area contributed by atoms with Crippen molar-refractivity contribution in [2.24, 2.45) is 0 Å². The average Bonchev–Trinajstić information content (AvgIpc) is 2.75. The van der Waals surface area contributed by atoms with Crippen molar-refractivity contribution < 1.29 is 31.9 Å². The van der Waals surface area contributed by atoms with E-state index in [9.17, 15) is 22.0 Å². The van der Waals surface area contributed by atoms with Gasteiger partial charge >= 0.3 is 0 Å². The molecule has 2 N–H and O–H groups in total. The summed E-state index contributed by atoms with van der Waals surface area (Å²) in [4.78, 5) is 11.8. The summed E-state index contributed by atoms with van der Waals surface area (Å²) in [6, 6.07) is 9.57. The summed E-state index contributed by atoms with van der Waals surface area (Å²) in [5.74, 6) is -0.955. The van der Waals surface area contributed by atoms with Crippen molar-refractivity contribution in [2.75, 3.05) is 13.3 Å². The molecule has 0 fully saturated rings. The van der Waals surface area contributed by atoms with Gasteiger partial charge in [0.2, 0.25) is 10.0 Å². The zero-order chi connectivity index (χ0) is 22.1. The Morgan fingerprint density at radius 3 is 2.33 bits per heavy atom. The summed E-state index contributed by atoms with van der Waals surface area (Å²) >= 11 is 0. The third-order valence-electron chi connectivity index (χ3n) is 4.40. The molecule has 10 heteroatoms. The molecular weight excluding hydrogens is 418 g/mol. The van der Waals surface area contributed by atoms with Gasteiger partial charge < -0.3 is 4.74 Å². The lowest BCUT2D eigenvalue weighted by molar-refractivity contribution is -0.132. The van der Waals surface area contributed by atoms with E-state index in [1.165, 1.54) is 60.9 Å². The molecule has 1 atom stereocenters. The molecular formula is C20H24F2N2O5S. The number of benzene rings is 2. The zero-order valence-corrected chi connectivity index (χ0v) is 17.2. The van der Waals surface area contributed by atoms with Crippen LogP contribution in [0.4, 0.5) is 8.78 Å². The second-order valence-corrected chi connectivity index (χ2v) is 8.44. The average molecular weight is 442 g/mol. The van der Waals surface area contributed by atoms with Crippen LogP contribution in [-0.2, 0) is 21.4 Å². The van der Waals surface area contributed by atoms with Gasteiger partial charge in [0, 0.05) is 6.54 Å². The maximum Gasteiger partial charge on any atom is 0.261 e. The maximum atomic E-state index is 13.2. The van der Waals surface area contributed by atoms with Gasteiger partial charge in [0.15, 0.2) is 0 Å². The first-order chi connectivity index (χ1) is 14.3. The minimum absolute atomic E-state index is 0.0849. The van der Waals surface area contributed by atoms with Crippen molar-refractivity contribution in [2.45, 2.75) is 37.2 Å². The summed E-state index contributed by atoms with van der Waals surface area (Å²) in [7, 11) is -4.15. The van der Waals surface area contributed by atoms with Crippen LogP contribution in [0.1, 0.15) is 25.3 Å². The van der Waals surface area contributed by atoms with Gasteiger partial charge in [-0.15, -0.1) is 0 Å². The number of amides is 1. The van der Waals surface area contributed by atoms with Crippen molar-refractivity contribution in [1.29, 1.82) is 0 Å². The zero-order valence-electron chi connectivity index (χ0n) is 16.4. The third-order valence-corrected chi connectivity index (χ3v) is 6.33. The van der Waals surface area contributed by atoms with Crippen LogP contribution in [0.2, 0.25) is 0 Å². The van der Waals surface area contributed by atoms with Gasteiger partial charge in [0.1, 0.15) is 17.6 Å². The summed E-state index contributed by atoms with van der Waals surface area (Å²) in [5, 5.41) is 8.94. The number of halogens is 2. The van der Waals surface area contributed by atoms with Crippen LogP contribution in [0, 0.1) is 5.82 Å². The monoisotopic (exact) mass is 442 g/mol. The molecule has 2 rings (SSSR count). The Morgan fingerprint density at radius 1 is 1.13 bits per heavy atom. The molecule has 2 aromatic rings. The van der Waals surface area contributed by atoms with Crippen LogP contribution in [0.25, 0.3) is 0 Å². The van der Waals surface area contributed by atoms with Crippen molar-refractivity contribution >= 4 is 15.9 Å². The van der Waals surface area contributed by atoms with E-state index in [4.69, 9.17) is 9.94 Å². The van der Waals surface area contributed by atoms with Crippen molar-refractivity contribution in [1.82, 2.24) is 9.79 Å². The van der Waals surface area contributed by atoms with Crippen LogP contribution in [0.3, 0.4) is 0 Å². The molecule has 0 aliphatic rings. The highest BCUT2D eigenvalue weighted by Gasteiger charge is 2.33. The molecule has 0 aliphatic heterocycles. The Labute approximate surface area is 174 Å². The first kappa shape index (κ1) is 23.7. The maximum absolute atomic E-state index is 13.2. The molecule has 0 spiro atoms. The smallest absolute Gasteiger partial charge is 0.261 e. The van der Waals surface area contributed by atoms with Crippen LogP contribution in [0.15, 0.2) is 53.4 Å². The SMILES string of the molecule is CC(C(=O)NO)N(Cc1ccc(F)cc1)S(=O)(=O)c1ccc(OCCCCF)cc1. The number of ether oxygens (including phenoxy) is 1. The summed E-state index contributed by atoms with van der Waals surface area (Å²) in [5.41, 5.74) is 1.92. The Bertz CT molecular complexity index is 921. The predicted octanol–water partition coefficient (Wildman–Crippen LogP) is 3.04. The number of hydrogen-bond acceptors (Lipinski definition) is 5. The topological polar surface area (TPSA) is 95.9 Å². The highest BCUT2D eigenvalue weighted by Crippen LogP contribution is 2.24.